The minimum atomic E-state index is -0.523. The van der Waals surface area contributed by atoms with Crippen molar-refractivity contribution in [2.45, 2.75) is 6.42 Å². The number of carbonyl (C=O) groups excluding carboxylic acids is 2. The molecule has 3 rings (SSSR count). The van der Waals surface area contributed by atoms with E-state index in [9.17, 15) is 24.8 Å². The summed E-state index contributed by atoms with van der Waals surface area (Å²) in [6, 6.07) is 12.0. The van der Waals surface area contributed by atoms with Gasteiger partial charge in [0.15, 0.2) is 0 Å². The molecule has 0 bridgehead atoms. The number of nitrogens with zero attached hydrogens (tertiary/aromatic N) is 2. The predicted molar refractivity (Wildman–Crippen MR) is 114 cm³/mol. The van der Waals surface area contributed by atoms with Crippen LogP contribution < -0.4 is 5.32 Å². The number of carbonyl (C=O) groups is 2. The third kappa shape index (κ3) is 5.18. The van der Waals surface area contributed by atoms with Crippen molar-refractivity contribution in [3.8, 4) is 5.75 Å². The molecule has 1 aliphatic rings. The zero-order valence-electron chi connectivity index (χ0n) is 14.9. The Bertz CT molecular complexity index is 1020. The Balaban J connectivity index is 1.58. The zero-order chi connectivity index (χ0) is 21.0. The zero-order valence-corrected chi connectivity index (χ0v) is 16.5. The summed E-state index contributed by atoms with van der Waals surface area (Å²) in [5.74, 6) is -0.548. The lowest BCUT2D eigenvalue weighted by Gasteiger charge is -2.14. The molecule has 0 aromatic heterocycles. The van der Waals surface area contributed by atoms with Gasteiger partial charge in [-0.2, -0.15) is 0 Å². The predicted octanol–water partition coefficient (Wildman–Crippen LogP) is 3.53. The number of thioether (sulfide) groups is 1. The molecule has 0 saturated carbocycles. The average Bonchev–Trinajstić information content (AvgIpc) is 2.93. The topological polar surface area (TPSA) is 113 Å². The van der Waals surface area contributed by atoms with Crippen molar-refractivity contribution in [1.29, 1.82) is 0 Å². The Morgan fingerprint density at radius 3 is 2.66 bits per heavy atom. The van der Waals surface area contributed by atoms with Crippen molar-refractivity contribution in [2.75, 3.05) is 11.9 Å². The van der Waals surface area contributed by atoms with Crippen LogP contribution in [-0.2, 0) is 9.59 Å². The third-order valence-corrected chi connectivity index (χ3v) is 5.34. The normalized spacial score (nSPS) is 15.0. The van der Waals surface area contributed by atoms with E-state index in [1.807, 2.05) is 0 Å². The van der Waals surface area contributed by atoms with Crippen molar-refractivity contribution in [1.82, 2.24) is 4.90 Å². The van der Waals surface area contributed by atoms with Gasteiger partial charge in [0.2, 0.25) is 5.91 Å². The van der Waals surface area contributed by atoms with Gasteiger partial charge >= 0.3 is 0 Å². The molecule has 2 aromatic rings. The number of nitrogens with one attached hydrogen (secondary N) is 1. The smallest absolute Gasteiger partial charge is 0.269 e. The molecule has 0 unspecified atom stereocenters. The van der Waals surface area contributed by atoms with Gasteiger partial charge in [0.05, 0.1) is 9.83 Å². The maximum absolute atomic E-state index is 12.6. The standard InChI is InChI=1S/C19H15N3O5S2/c23-15-3-1-2-12(10-15)11-16-18(25)21(19(28)29-16)9-8-17(24)20-13-4-6-14(7-5-13)22(26)27/h1-7,10-11,23H,8-9H2,(H,20,24)/b16-11-. The van der Waals surface area contributed by atoms with Crippen LogP contribution in [0.4, 0.5) is 11.4 Å². The lowest BCUT2D eigenvalue weighted by molar-refractivity contribution is -0.384. The van der Waals surface area contributed by atoms with E-state index >= 15 is 0 Å². The lowest BCUT2D eigenvalue weighted by Crippen LogP contribution is -2.31. The number of aromatic hydroxyl groups is 1. The second kappa shape index (κ2) is 8.84. The molecule has 2 amide bonds. The summed E-state index contributed by atoms with van der Waals surface area (Å²) in [6.07, 6.45) is 1.65. The van der Waals surface area contributed by atoms with E-state index < -0.39 is 4.92 Å². The van der Waals surface area contributed by atoms with E-state index in [0.717, 1.165) is 11.8 Å². The second-order valence-corrected chi connectivity index (χ2v) is 7.71. The summed E-state index contributed by atoms with van der Waals surface area (Å²) < 4.78 is 0.351. The van der Waals surface area contributed by atoms with Crippen molar-refractivity contribution in [2.24, 2.45) is 0 Å². The van der Waals surface area contributed by atoms with Gasteiger partial charge in [0, 0.05) is 30.8 Å². The molecule has 1 aliphatic heterocycles. The van der Waals surface area contributed by atoms with E-state index in [-0.39, 0.29) is 36.2 Å². The Morgan fingerprint density at radius 2 is 2.00 bits per heavy atom. The largest absolute Gasteiger partial charge is 0.508 e. The number of phenols is 1. The number of anilines is 1. The van der Waals surface area contributed by atoms with Gasteiger partial charge < -0.3 is 10.4 Å². The third-order valence-electron chi connectivity index (χ3n) is 3.97. The first-order chi connectivity index (χ1) is 13.8. The lowest BCUT2D eigenvalue weighted by atomic mass is 10.2. The Kier molecular flexibility index (Phi) is 6.25. The second-order valence-electron chi connectivity index (χ2n) is 6.03. The number of nitro benzene ring substituents is 1. The molecule has 0 atom stereocenters. The highest BCUT2D eigenvalue weighted by Crippen LogP contribution is 2.33. The van der Waals surface area contributed by atoms with Crippen molar-refractivity contribution >= 4 is 57.6 Å². The van der Waals surface area contributed by atoms with Gasteiger partial charge in [-0.05, 0) is 35.9 Å². The number of nitro groups is 1. The highest BCUT2D eigenvalue weighted by atomic mass is 32.2. The van der Waals surface area contributed by atoms with Crippen LogP contribution in [0.5, 0.6) is 5.75 Å². The summed E-state index contributed by atoms with van der Waals surface area (Å²) >= 11 is 6.37. The first kappa shape index (κ1) is 20.5. The van der Waals surface area contributed by atoms with Crippen LogP contribution in [-0.4, -0.2) is 37.6 Å². The maximum Gasteiger partial charge on any atom is 0.269 e. The van der Waals surface area contributed by atoms with E-state index in [0.29, 0.717) is 20.5 Å². The molecule has 0 radical (unpaired) electrons. The molecule has 148 valence electrons. The summed E-state index contributed by atoms with van der Waals surface area (Å²) in [4.78, 5) is 36.6. The Morgan fingerprint density at radius 1 is 1.28 bits per heavy atom. The van der Waals surface area contributed by atoms with E-state index in [4.69, 9.17) is 12.2 Å². The van der Waals surface area contributed by atoms with Crippen LogP contribution in [0.3, 0.4) is 0 Å². The summed E-state index contributed by atoms with van der Waals surface area (Å²) in [5.41, 5.74) is 1.02. The van der Waals surface area contributed by atoms with Crippen LogP contribution in [0.15, 0.2) is 53.4 Å². The van der Waals surface area contributed by atoms with Crippen LogP contribution in [0, 0.1) is 10.1 Å². The van der Waals surface area contributed by atoms with Crippen LogP contribution >= 0.6 is 24.0 Å². The van der Waals surface area contributed by atoms with E-state index in [1.165, 1.54) is 41.3 Å². The van der Waals surface area contributed by atoms with Gasteiger partial charge in [0.25, 0.3) is 11.6 Å². The van der Waals surface area contributed by atoms with E-state index in [1.54, 1.807) is 18.2 Å². The van der Waals surface area contributed by atoms with Gasteiger partial charge in [-0.25, -0.2) is 0 Å². The Labute approximate surface area is 175 Å². The molecule has 1 saturated heterocycles. The van der Waals surface area contributed by atoms with Gasteiger partial charge in [-0.15, -0.1) is 0 Å². The number of hydrogen-bond donors (Lipinski definition) is 2. The molecular formula is C19H15N3O5S2. The van der Waals surface area contributed by atoms with Crippen molar-refractivity contribution in [3.05, 3.63) is 69.1 Å². The number of rotatable bonds is 6. The van der Waals surface area contributed by atoms with Crippen molar-refractivity contribution in [3.63, 3.8) is 0 Å². The highest BCUT2D eigenvalue weighted by molar-refractivity contribution is 8.26. The molecule has 29 heavy (non-hydrogen) atoms. The number of thiocarbonyl (C=S) groups is 1. The molecule has 0 spiro atoms. The molecule has 10 heteroatoms. The minimum absolute atomic E-state index is 0.0167. The van der Waals surface area contributed by atoms with Gasteiger partial charge in [0.1, 0.15) is 10.1 Å². The van der Waals surface area contributed by atoms with Crippen LogP contribution in [0.1, 0.15) is 12.0 Å². The minimum Gasteiger partial charge on any atom is -0.508 e. The average molecular weight is 429 g/mol. The number of phenolic OH excluding ortho intramolecular Hbond substituents is 1. The molecule has 1 heterocycles. The van der Waals surface area contributed by atoms with Gasteiger partial charge in [-0.3, -0.25) is 24.6 Å². The molecule has 1 fully saturated rings. The monoisotopic (exact) mass is 429 g/mol. The van der Waals surface area contributed by atoms with Gasteiger partial charge in [-0.1, -0.05) is 36.1 Å². The molecule has 2 aromatic carbocycles. The summed E-state index contributed by atoms with van der Waals surface area (Å²) in [7, 11) is 0. The van der Waals surface area contributed by atoms with Crippen molar-refractivity contribution < 1.29 is 19.6 Å². The first-order valence-electron chi connectivity index (χ1n) is 8.42. The number of hydrogen-bond acceptors (Lipinski definition) is 7. The van der Waals surface area contributed by atoms with Crippen LogP contribution in [0.2, 0.25) is 0 Å². The molecule has 2 N–H and O–H groups in total. The molecule has 8 nitrogen and oxygen atoms in total. The Hall–Kier alpha value is -3.24. The van der Waals surface area contributed by atoms with Crippen LogP contribution in [0.25, 0.3) is 6.08 Å². The quantitative estimate of drug-likeness (QED) is 0.313. The fourth-order valence-electron chi connectivity index (χ4n) is 2.56. The number of non-ortho nitro benzene ring substituents is 1. The fourth-order valence-corrected chi connectivity index (χ4v) is 3.87. The fraction of sp³-hybridized carbons (Fsp3) is 0.105. The number of benzene rings is 2. The summed E-state index contributed by atoms with van der Waals surface area (Å²) in [6.45, 7) is 0.112. The highest BCUT2D eigenvalue weighted by Gasteiger charge is 2.32. The molecule has 0 aliphatic carbocycles. The maximum atomic E-state index is 12.6. The number of amides is 2. The SMILES string of the molecule is O=C(CCN1C(=O)/C(=C/c2cccc(O)c2)SC1=S)Nc1ccc([N+](=O)[O-])cc1. The first-order valence-corrected chi connectivity index (χ1v) is 9.64. The molecular weight excluding hydrogens is 414 g/mol. The van der Waals surface area contributed by atoms with E-state index in [2.05, 4.69) is 5.32 Å². The summed E-state index contributed by atoms with van der Waals surface area (Å²) in [5, 5.41) is 22.8.